The van der Waals surface area contributed by atoms with Crippen LogP contribution in [-0.2, 0) is 17.6 Å². The zero-order valence-electron chi connectivity index (χ0n) is 14.0. The first kappa shape index (κ1) is 16.7. The Bertz CT molecular complexity index is 506. The van der Waals surface area contributed by atoms with Gasteiger partial charge >= 0.3 is 6.09 Å². The second-order valence-electron chi connectivity index (χ2n) is 6.86. The average Bonchev–Trinajstić information content (AvgIpc) is 2.45. The van der Waals surface area contributed by atoms with E-state index in [0.29, 0.717) is 6.54 Å². The molecule has 0 aromatic heterocycles. The summed E-state index contributed by atoms with van der Waals surface area (Å²) >= 11 is 0. The van der Waals surface area contributed by atoms with Crippen LogP contribution in [0.3, 0.4) is 0 Å². The molecule has 0 saturated carbocycles. The third-order valence-corrected chi connectivity index (χ3v) is 3.73. The molecule has 0 bridgehead atoms. The van der Waals surface area contributed by atoms with Crippen LogP contribution in [0.2, 0.25) is 0 Å². The normalized spacial score (nSPS) is 14.1. The number of alkyl carbamates (subject to hydrolysis) is 1. The molecule has 2 rings (SSSR count). The number of hydrogen-bond acceptors (Lipinski definition) is 3. The van der Waals surface area contributed by atoms with E-state index >= 15 is 0 Å². The lowest BCUT2D eigenvalue weighted by atomic mass is 9.90. The molecule has 0 saturated heterocycles. The van der Waals surface area contributed by atoms with Crippen LogP contribution < -0.4 is 10.6 Å². The van der Waals surface area contributed by atoms with Gasteiger partial charge in [-0.05, 0) is 70.1 Å². The fraction of sp³-hybridized carbons (Fsp3) is 0.611. The van der Waals surface area contributed by atoms with Crippen molar-refractivity contribution < 1.29 is 9.53 Å². The zero-order chi connectivity index (χ0) is 16.0. The van der Waals surface area contributed by atoms with Crippen LogP contribution in [0, 0.1) is 0 Å². The van der Waals surface area contributed by atoms with Crippen molar-refractivity contribution in [1.29, 1.82) is 0 Å². The lowest BCUT2D eigenvalue weighted by Gasteiger charge is -2.21. The van der Waals surface area contributed by atoms with Crippen molar-refractivity contribution in [2.45, 2.75) is 58.5 Å². The van der Waals surface area contributed by atoms with Gasteiger partial charge in [0.1, 0.15) is 5.60 Å². The number of anilines is 1. The zero-order valence-corrected chi connectivity index (χ0v) is 14.0. The maximum absolute atomic E-state index is 11.5. The number of rotatable bonds is 5. The van der Waals surface area contributed by atoms with Gasteiger partial charge in [0, 0.05) is 18.8 Å². The Kier molecular flexibility index (Phi) is 5.69. The van der Waals surface area contributed by atoms with Crippen molar-refractivity contribution in [3.05, 3.63) is 29.3 Å². The van der Waals surface area contributed by atoms with Gasteiger partial charge in [-0.3, -0.25) is 0 Å². The SMILES string of the molecule is CC(C)(C)OC(=O)NCCCNc1cccc2c1CCCC2. The summed E-state index contributed by atoms with van der Waals surface area (Å²) in [5, 5.41) is 6.29. The number of amides is 1. The average molecular weight is 304 g/mol. The number of ether oxygens (including phenoxy) is 1. The number of carbonyl (C=O) groups is 1. The van der Waals surface area contributed by atoms with Gasteiger partial charge in [-0.15, -0.1) is 0 Å². The second-order valence-corrected chi connectivity index (χ2v) is 6.86. The molecule has 4 heteroatoms. The van der Waals surface area contributed by atoms with Gasteiger partial charge < -0.3 is 15.4 Å². The lowest BCUT2D eigenvalue weighted by molar-refractivity contribution is 0.0528. The van der Waals surface area contributed by atoms with Crippen LogP contribution in [0.25, 0.3) is 0 Å². The van der Waals surface area contributed by atoms with Crippen molar-refractivity contribution in [2.75, 3.05) is 18.4 Å². The summed E-state index contributed by atoms with van der Waals surface area (Å²) in [6, 6.07) is 6.53. The Morgan fingerprint density at radius 2 is 1.95 bits per heavy atom. The van der Waals surface area contributed by atoms with E-state index in [-0.39, 0.29) is 6.09 Å². The summed E-state index contributed by atoms with van der Waals surface area (Å²) < 4.78 is 5.21. The minimum absolute atomic E-state index is 0.343. The summed E-state index contributed by atoms with van der Waals surface area (Å²) in [6.07, 6.45) is 5.50. The highest BCUT2D eigenvalue weighted by molar-refractivity contribution is 5.67. The Balaban J connectivity index is 1.70. The van der Waals surface area contributed by atoms with Crippen molar-refractivity contribution in [3.63, 3.8) is 0 Å². The molecule has 1 aromatic rings. The number of fused-ring (bicyclic) bond motifs is 1. The number of aryl methyl sites for hydroxylation is 1. The van der Waals surface area contributed by atoms with Gasteiger partial charge in [0.25, 0.3) is 0 Å². The quantitative estimate of drug-likeness (QED) is 0.811. The summed E-state index contributed by atoms with van der Waals surface area (Å²) in [5.74, 6) is 0. The van der Waals surface area contributed by atoms with Crippen LogP contribution >= 0.6 is 0 Å². The van der Waals surface area contributed by atoms with Gasteiger partial charge in [0.15, 0.2) is 0 Å². The largest absolute Gasteiger partial charge is 0.444 e. The van der Waals surface area contributed by atoms with E-state index in [1.165, 1.54) is 42.5 Å². The summed E-state index contributed by atoms with van der Waals surface area (Å²) in [4.78, 5) is 11.5. The molecular formula is C18H28N2O2. The summed E-state index contributed by atoms with van der Waals surface area (Å²) in [6.45, 7) is 7.08. The van der Waals surface area contributed by atoms with Crippen LogP contribution in [0.5, 0.6) is 0 Å². The maximum Gasteiger partial charge on any atom is 0.407 e. The highest BCUT2D eigenvalue weighted by atomic mass is 16.6. The topological polar surface area (TPSA) is 50.4 Å². The third-order valence-electron chi connectivity index (χ3n) is 3.73. The number of hydrogen-bond donors (Lipinski definition) is 2. The van der Waals surface area contributed by atoms with Gasteiger partial charge in [0.05, 0.1) is 0 Å². The standard InChI is InChI=1S/C18H28N2O2/c1-18(2,3)22-17(21)20-13-7-12-19-16-11-6-9-14-8-4-5-10-15(14)16/h6,9,11,19H,4-5,7-8,10,12-13H2,1-3H3,(H,20,21). The van der Waals surface area contributed by atoms with Crippen LogP contribution in [0.15, 0.2) is 18.2 Å². The molecule has 0 unspecified atom stereocenters. The molecule has 0 radical (unpaired) electrons. The Morgan fingerprint density at radius 1 is 1.18 bits per heavy atom. The predicted molar refractivity (Wildman–Crippen MR) is 90.4 cm³/mol. The molecule has 0 spiro atoms. The molecule has 1 aliphatic rings. The van der Waals surface area contributed by atoms with Crippen LogP contribution in [0.1, 0.15) is 51.2 Å². The van der Waals surface area contributed by atoms with E-state index in [1.807, 2.05) is 20.8 Å². The van der Waals surface area contributed by atoms with Crippen LogP contribution in [-0.4, -0.2) is 24.8 Å². The van der Waals surface area contributed by atoms with E-state index in [4.69, 9.17) is 4.74 Å². The van der Waals surface area contributed by atoms with Crippen LogP contribution in [0.4, 0.5) is 10.5 Å². The molecular weight excluding hydrogens is 276 g/mol. The summed E-state index contributed by atoms with van der Waals surface area (Å²) in [5.41, 5.74) is 3.79. The van der Waals surface area contributed by atoms with Crippen molar-refractivity contribution in [2.24, 2.45) is 0 Å². The Hall–Kier alpha value is -1.71. The minimum Gasteiger partial charge on any atom is -0.444 e. The van der Waals surface area contributed by atoms with Crippen molar-refractivity contribution in [1.82, 2.24) is 5.32 Å². The van der Waals surface area contributed by atoms with E-state index in [9.17, 15) is 4.79 Å². The van der Waals surface area contributed by atoms with Gasteiger partial charge in [-0.25, -0.2) is 4.79 Å². The minimum atomic E-state index is -0.439. The van der Waals surface area contributed by atoms with Crippen molar-refractivity contribution in [3.8, 4) is 0 Å². The van der Waals surface area contributed by atoms with Gasteiger partial charge in [-0.2, -0.15) is 0 Å². The second kappa shape index (κ2) is 7.52. The van der Waals surface area contributed by atoms with E-state index in [2.05, 4.69) is 28.8 Å². The molecule has 0 aliphatic heterocycles. The van der Waals surface area contributed by atoms with Gasteiger partial charge in [0.2, 0.25) is 0 Å². The molecule has 4 nitrogen and oxygen atoms in total. The molecule has 0 atom stereocenters. The third kappa shape index (κ3) is 5.24. The molecule has 1 aliphatic carbocycles. The van der Waals surface area contributed by atoms with E-state index in [0.717, 1.165) is 13.0 Å². The molecule has 1 aromatic carbocycles. The van der Waals surface area contributed by atoms with Gasteiger partial charge in [-0.1, -0.05) is 12.1 Å². The lowest BCUT2D eigenvalue weighted by Crippen LogP contribution is -2.33. The van der Waals surface area contributed by atoms with E-state index in [1.54, 1.807) is 0 Å². The fourth-order valence-electron chi connectivity index (χ4n) is 2.76. The molecule has 2 N–H and O–H groups in total. The highest BCUT2D eigenvalue weighted by Crippen LogP contribution is 2.27. The fourth-order valence-corrected chi connectivity index (χ4v) is 2.76. The number of carbonyl (C=O) groups excluding carboxylic acids is 1. The number of nitrogens with one attached hydrogen (secondary N) is 2. The maximum atomic E-state index is 11.5. The highest BCUT2D eigenvalue weighted by Gasteiger charge is 2.15. The first-order valence-electron chi connectivity index (χ1n) is 8.27. The molecule has 1 amide bonds. The first-order valence-corrected chi connectivity index (χ1v) is 8.27. The van der Waals surface area contributed by atoms with E-state index < -0.39 is 5.60 Å². The first-order chi connectivity index (χ1) is 10.5. The molecule has 122 valence electrons. The summed E-state index contributed by atoms with van der Waals surface area (Å²) in [7, 11) is 0. The predicted octanol–water partition coefficient (Wildman–Crippen LogP) is 3.89. The smallest absolute Gasteiger partial charge is 0.407 e. The molecule has 22 heavy (non-hydrogen) atoms. The molecule has 0 heterocycles. The monoisotopic (exact) mass is 304 g/mol. The molecule has 0 fully saturated rings. The Labute approximate surface area is 133 Å². The van der Waals surface area contributed by atoms with Crippen molar-refractivity contribution >= 4 is 11.8 Å². The number of benzene rings is 1. The Morgan fingerprint density at radius 3 is 2.73 bits per heavy atom.